The van der Waals surface area contributed by atoms with Gasteiger partial charge in [0.25, 0.3) is 5.91 Å². The fourth-order valence-electron chi connectivity index (χ4n) is 3.06. The number of carbonyl (C=O) groups excluding carboxylic acids is 1. The van der Waals surface area contributed by atoms with Crippen molar-refractivity contribution in [2.24, 2.45) is 5.92 Å². The van der Waals surface area contributed by atoms with E-state index in [-0.39, 0.29) is 18.3 Å². The molecule has 0 spiro atoms. The third kappa shape index (κ3) is 4.65. The van der Waals surface area contributed by atoms with Crippen molar-refractivity contribution < 1.29 is 13.9 Å². The monoisotopic (exact) mass is 344 g/mol. The molecular weight excluding hydrogens is 323 g/mol. The summed E-state index contributed by atoms with van der Waals surface area (Å²) in [5.74, 6) is 0.617. The minimum absolute atomic E-state index is 0.0938. The molecule has 0 saturated carbocycles. The highest BCUT2D eigenvalue weighted by atomic mass is 19.1. The van der Waals surface area contributed by atoms with Crippen molar-refractivity contribution in [1.82, 2.24) is 14.9 Å². The number of carbonyl (C=O) groups is 1. The lowest BCUT2D eigenvalue weighted by Gasteiger charge is -2.32. The summed E-state index contributed by atoms with van der Waals surface area (Å²) in [6, 6.07) is 5.79. The van der Waals surface area contributed by atoms with Crippen LogP contribution in [0.15, 0.2) is 36.7 Å². The van der Waals surface area contributed by atoms with E-state index in [9.17, 15) is 9.18 Å². The van der Waals surface area contributed by atoms with Crippen LogP contribution < -0.4 is 10.5 Å². The topological polar surface area (TPSA) is 81.3 Å². The Labute approximate surface area is 145 Å². The van der Waals surface area contributed by atoms with Crippen LogP contribution in [0, 0.1) is 11.7 Å². The van der Waals surface area contributed by atoms with Crippen LogP contribution in [0.2, 0.25) is 0 Å². The molecule has 0 aliphatic carbocycles. The van der Waals surface area contributed by atoms with Gasteiger partial charge in [0.2, 0.25) is 0 Å². The number of rotatable bonds is 5. The van der Waals surface area contributed by atoms with Gasteiger partial charge in [-0.25, -0.2) is 9.37 Å². The molecule has 2 heterocycles. The predicted molar refractivity (Wildman–Crippen MR) is 91.3 cm³/mol. The first kappa shape index (κ1) is 17.1. The highest BCUT2D eigenvalue weighted by Gasteiger charge is 2.25. The summed E-state index contributed by atoms with van der Waals surface area (Å²) in [6.45, 7) is 1.25. The van der Waals surface area contributed by atoms with Gasteiger partial charge in [-0.15, -0.1) is 0 Å². The van der Waals surface area contributed by atoms with Crippen molar-refractivity contribution in [1.29, 1.82) is 0 Å². The van der Waals surface area contributed by atoms with Gasteiger partial charge in [-0.3, -0.25) is 9.78 Å². The number of nitrogens with zero attached hydrogens (tertiary/aromatic N) is 3. The fourth-order valence-corrected chi connectivity index (χ4v) is 3.06. The number of nitrogen functional groups attached to an aromatic ring is 1. The van der Waals surface area contributed by atoms with Gasteiger partial charge in [0.05, 0.1) is 5.69 Å². The van der Waals surface area contributed by atoms with Crippen LogP contribution >= 0.6 is 0 Å². The number of nitrogens with two attached hydrogens (primary N) is 1. The molecule has 1 aliphatic heterocycles. The second kappa shape index (κ2) is 7.92. The summed E-state index contributed by atoms with van der Waals surface area (Å²) in [5.41, 5.74) is 6.63. The third-order valence-electron chi connectivity index (χ3n) is 4.32. The lowest BCUT2D eigenvalue weighted by molar-refractivity contribution is -0.135. The average molecular weight is 344 g/mol. The first-order chi connectivity index (χ1) is 12.1. The molecule has 1 unspecified atom stereocenters. The molecule has 2 aromatic rings. The van der Waals surface area contributed by atoms with E-state index < -0.39 is 0 Å². The summed E-state index contributed by atoms with van der Waals surface area (Å²) in [6.07, 6.45) is 5.85. The largest absolute Gasteiger partial charge is 0.484 e. The number of aromatic nitrogens is 2. The first-order valence-electron chi connectivity index (χ1n) is 8.33. The van der Waals surface area contributed by atoms with E-state index >= 15 is 0 Å². The van der Waals surface area contributed by atoms with Crippen LogP contribution in [0.25, 0.3) is 0 Å². The van der Waals surface area contributed by atoms with E-state index in [1.807, 2.05) is 0 Å². The van der Waals surface area contributed by atoms with Crippen molar-refractivity contribution in [3.05, 3.63) is 48.2 Å². The van der Waals surface area contributed by atoms with Gasteiger partial charge in [0.1, 0.15) is 17.4 Å². The zero-order valence-electron chi connectivity index (χ0n) is 13.9. The van der Waals surface area contributed by atoms with Gasteiger partial charge in [-0.2, -0.15) is 0 Å². The Balaban J connectivity index is 1.53. The van der Waals surface area contributed by atoms with Gasteiger partial charge in [-0.1, -0.05) is 6.07 Å². The van der Waals surface area contributed by atoms with Crippen molar-refractivity contribution in [3.8, 4) is 5.75 Å². The average Bonchev–Trinajstić information content (AvgIpc) is 2.62. The van der Waals surface area contributed by atoms with Crippen LogP contribution in [0.4, 0.5) is 10.2 Å². The Kier molecular flexibility index (Phi) is 5.42. The Morgan fingerprint density at radius 3 is 3.00 bits per heavy atom. The van der Waals surface area contributed by atoms with E-state index in [0.29, 0.717) is 37.0 Å². The molecule has 1 aromatic carbocycles. The number of hydrogen-bond acceptors (Lipinski definition) is 5. The molecule has 7 heteroatoms. The van der Waals surface area contributed by atoms with Crippen LogP contribution in [-0.2, 0) is 11.2 Å². The maximum Gasteiger partial charge on any atom is 0.260 e. The third-order valence-corrected chi connectivity index (χ3v) is 4.32. The summed E-state index contributed by atoms with van der Waals surface area (Å²) < 4.78 is 18.5. The van der Waals surface area contributed by atoms with Crippen molar-refractivity contribution in [3.63, 3.8) is 0 Å². The van der Waals surface area contributed by atoms with E-state index in [1.165, 1.54) is 12.1 Å². The summed E-state index contributed by atoms with van der Waals surface area (Å²) >= 11 is 0. The summed E-state index contributed by atoms with van der Waals surface area (Å²) in [4.78, 5) is 22.5. The van der Waals surface area contributed by atoms with Gasteiger partial charge in [-0.05, 0) is 37.3 Å². The molecule has 0 radical (unpaired) electrons. The van der Waals surface area contributed by atoms with Crippen LogP contribution in [0.1, 0.15) is 18.5 Å². The molecule has 1 aliphatic rings. The number of halogens is 1. The molecule has 132 valence electrons. The zero-order chi connectivity index (χ0) is 17.6. The normalized spacial score (nSPS) is 17.3. The number of amides is 1. The van der Waals surface area contributed by atoms with Crippen molar-refractivity contribution >= 4 is 11.7 Å². The van der Waals surface area contributed by atoms with Crippen molar-refractivity contribution in [2.75, 3.05) is 25.4 Å². The van der Waals surface area contributed by atoms with Gasteiger partial charge in [0.15, 0.2) is 6.61 Å². The Morgan fingerprint density at radius 1 is 1.36 bits per heavy atom. The number of likely N-dealkylation sites (tertiary alicyclic amines) is 1. The molecule has 1 fully saturated rings. The highest BCUT2D eigenvalue weighted by molar-refractivity contribution is 5.77. The fraction of sp³-hybridized carbons (Fsp3) is 0.389. The minimum atomic E-state index is -0.385. The lowest BCUT2D eigenvalue weighted by Crippen LogP contribution is -2.42. The molecule has 6 nitrogen and oxygen atoms in total. The van der Waals surface area contributed by atoms with E-state index in [1.54, 1.807) is 29.4 Å². The van der Waals surface area contributed by atoms with Gasteiger partial charge in [0, 0.05) is 31.5 Å². The molecule has 1 saturated heterocycles. The Hall–Kier alpha value is -2.70. The van der Waals surface area contributed by atoms with E-state index in [0.717, 1.165) is 18.5 Å². The number of ether oxygens (including phenoxy) is 1. The lowest BCUT2D eigenvalue weighted by atomic mass is 9.93. The number of anilines is 1. The van der Waals surface area contributed by atoms with Crippen LogP contribution in [-0.4, -0.2) is 40.5 Å². The van der Waals surface area contributed by atoms with Crippen molar-refractivity contribution in [2.45, 2.75) is 19.3 Å². The number of benzene rings is 1. The molecule has 1 amide bonds. The predicted octanol–water partition coefficient (Wildman–Crippen LogP) is 2.06. The summed E-state index contributed by atoms with van der Waals surface area (Å²) in [5, 5.41) is 0. The molecule has 25 heavy (non-hydrogen) atoms. The molecule has 2 N–H and O–H groups in total. The highest BCUT2D eigenvalue weighted by Crippen LogP contribution is 2.22. The number of piperidine rings is 1. The Bertz CT molecular complexity index is 741. The summed E-state index contributed by atoms with van der Waals surface area (Å²) in [7, 11) is 0. The smallest absolute Gasteiger partial charge is 0.260 e. The second-order valence-electron chi connectivity index (χ2n) is 6.19. The van der Waals surface area contributed by atoms with E-state index in [4.69, 9.17) is 10.5 Å². The SMILES string of the molecule is Nc1nccnc1CC1CCCN(C(=O)COc2cccc(F)c2)C1. The zero-order valence-corrected chi connectivity index (χ0v) is 13.9. The Morgan fingerprint density at radius 2 is 2.20 bits per heavy atom. The van der Waals surface area contributed by atoms with Gasteiger partial charge < -0.3 is 15.4 Å². The maximum atomic E-state index is 13.1. The van der Waals surface area contributed by atoms with Crippen LogP contribution in [0.5, 0.6) is 5.75 Å². The molecular formula is C18H21FN4O2. The van der Waals surface area contributed by atoms with Crippen LogP contribution in [0.3, 0.4) is 0 Å². The quantitative estimate of drug-likeness (QED) is 0.898. The van der Waals surface area contributed by atoms with E-state index in [2.05, 4.69) is 9.97 Å². The molecule has 0 bridgehead atoms. The maximum absolute atomic E-state index is 13.1. The minimum Gasteiger partial charge on any atom is -0.484 e. The molecule has 1 atom stereocenters. The molecule has 1 aromatic heterocycles. The second-order valence-corrected chi connectivity index (χ2v) is 6.19. The molecule has 3 rings (SSSR count). The first-order valence-corrected chi connectivity index (χ1v) is 8.33. The van der Waals surface area contributed by atoms with Gasteiger partial charge >= 0.3 is 0 Å². The standard InChI is InChI=1S/C18H21FN4O2/c19-14-4-1-5-15(10-14)25-12-17(24)23-8-2-3-13(11-23)9-16-18(20)22-7-6-21-16/h1,4-7,10,13H,2-3,8-9,11-12H2,(H2,20,22). The number of hydrogen-bond donors (Lipinski definition) is 1.